The Labute approximate surface area is 257 Å². The number of esters is 1. The molecule has 0 amide bonds. The van der Waals surface area contributed by atoms with E-state index in [2.05, 4.69) is 11.2 Å². The number of rotatable bonds is 7. The molecule has 0 N–H and O–H groups in total. The maximum absolute atomic E-state index is 16.1. The number of sulfonamides is 1. The van der Waals surface area contributed by atoms with Crippen molar-refractivity contribution in [1.29, 1.82) is 0 Å². The van der Waals surface area contributed by atoms with E-state index in [1.807, 2.05) is 19.1 Å². The Balaban J connectivity index is 1.48. The fourth-order valence-corrected chi connectivity index (χ4v) is 7.90. The van der Waals surface area contributed by atoms with Gasteiger partial charge in [-0.15, -0.1) is 0 Å². The summed E-state index contributed by atoms with van der Waals surface area (Å²) in [6.45, 7) is 4.43. The maximum Gasteiger partial charge on any atom is 0.355 e. The molecule has 234 valence electrons. The van der Waals surface area contributed by atoms with Gasteiger partial charge >= 0.3 is 5.97 Å². The highest BCUT2D eigenvalue weighted by Gasteiger charge is 2.32. The van der Waals surface area contributed by atoms with E-state index >= 15 is 4.39 Å². The summed E-state index contributed by atoms with van der Waals surface area (Å²) in [5.41, 5.74) is 6.29. The first-order valence-corrected chi connectivity index (χ1v) is 16.9. The lowest BCUT2D eigenvalue weighted by atomic mass is 9.97. The van der Waals surface area contributed by atoms with Crippen LogP contribution in [0.1, 0.15) is 64.8 Å². The number of nitrogens with zero attached hydrogens (tertiary/aromatic N) is 4. The lowest BCUT2D eigenvalue weighted by Gasteiger charge is -2.16. The van der Waals surface area contributed by atoms with Crippen molar-refractivity contribution in [3.8, 4) is 16.9 Å². The predicted molar refractivity (Wildman–Crippen MR) is 167 cm³/mol. The van der Waals surface area contributed by atoms with Gasteiger partial charge in [0.15, 0.2) is 0 Å². The van der Waals surface area contributed by atoms with E-state index in [9.17, 15) is 13.2 Å². The van der Waals surface area contributed by atoms with Gasteiger partial charge in [-0.05, 0) is 87.3 Å². The van der Waals surface area contributed by atoms with E-state index in [1.54, 1.807) is 29.3 Å². The Morgan fingerprint density at radius 2 is 1.91 bits per heavy atom. The zero-order valence-electron chi connectivity index (χ0n) is 25.8. The van der Waals surface area contributed by atoms with E-state index in [0.717, 1.165) is 36.0 Å². The lowest BCUT2D eigenvalue weighted by molar-refractivity contribution is 0.0512. The molecule has 0 radical (unpaired) electrons. The van der Waals surface area contributed by atoms with Gasteiger partial charge in [-0.2, -0.15) is 9.40 Å². The highest BCUT2D eigenvalue weighted by Crippen LogP contribution is 2.41. The molecule has 2 aliphatic rings. The monoisotopic (exact) mass is 622 g/mol. The Kier molecular flexibility index (Phi) is 8.27. The zero-order valence-corrected chi connectivity index (χ0v) is 26.6. The van der Waals surface area contributed by atoms with Crippen molar-refractivity contribution < 1.29 is 27.1 Å². The molecule has 1 aliphatic carbocycles. The number of benzene rings is 2. The third-order valence-corrected chi connectivity index (χ3v) is 10.8. The number of aryl methyl sites for hydroxylation is 4. The summed E-state index contributed by atoms with van der Waals surface area (Å²) >= 11 is 0. The van der Waals surface area contributed by atoms with Crippen molar-refractivity contribution in [2.75, 3.05) is 26.0 Å². The Morgan fingerprint density at radius 3 is 2.70 bits per heavy atom. The van der Waals surface area contributed by atoms with Crippen LogP contribution in [0.4, 0.5) is 4.39 Å². The summed E-state index contributed by atoms with van der Waals surface area (Å²) in [7, 11) is -0.349. The van der Waals surface area contributed by atoms with Crippen LogP contribution >= 0.6 is 0 Å². The molecule has 6 rings (SSSR count). The van der Waals surface area contributed by atoms with Gasteiger partial charge in [-0.3, -0.25) is 4.68 Å². The molecule has 1 aliphatic heterocycles. The second-order valence-electron chi connectivity index (χ2n) is 11.7. The van der Waals surface area contributed by atoms with E-state index in [4.69, 9.17) is 9.47 Å². The Morgan fingerprint density at radius 1 is 1.09 bits per heavy atom. The summed E-state index contributed by atoms with van der Waals surface area (Å²) in [5.74, 6) is -0.175. The summed E-state index contributed by atoms with van der Waals surface area (Å²) in [5, 5.41) is 5.35. The van der Waals surface area contributed by atoms with Crippen molar-refractivity contribution in [2.45, 2.75) is 65.5 Å². The molecule has 11 heteroatoms. The highest BCUT2D eigenvalue weighted by atomic mass is 32.2. The van der Waals surface area contributed by atoms with E-state index < -0.39 is 21.8 Å². The van der Waals surface area contributed by atoms with E-state index in [0.29, 0.717) is 53.2 Å². The topological polar surface area (TPSA) is 95.7 Å². The summed E-state index contributed by atoms with van der Waals surface area (Å²) in [6.07, 6.45) is 4.58. The van der Waals surface area contributed by atoms with Gasteiger partial charge < -0.3 is 14.0 Å². The van der Waals surface area contributed by atoms with Crippen molar-refractivity contribution >= 4 is 26.9 Å². The molecule has 0 spiro atoms. The minimum absolute atomic E-state index is 0.00794. The van der Waals surface area contributed by atoms with Gasteiger partial charge in [-0.1, -0.05) is 12.1 Å². The van der Waals surface area contributed by atoms with Crippen LogP contribution < -0.4 is 4.74 Å². The van der Waals surface area contributed by atoms with Gasteiger partial charge in [0.2, 0.25) is 10.0 Å². The number of carbonyl (C=O) groups excluding carboxylic acids is 1. The third-order valence-electron chi connectivity index (χ3n) is 8.97. The molecule has 0 saturated carbocycles. The van der Waals surface area contributed by atoms with Crippen LogP contribution in [0.3, 0.4) is 0 Å². The zero-order chi connectivity index (χ0) is 31.2. The fraction of sp³-hybridized carbons (Fsp3) is 0.455. The lowest BCUT2D eigenvalue weighted by Crippen LogP contribution is -2.29. The van der Waals surface area contributed by atoms with Gasteiger partial charge in [-0.25, -0.2) is 17.6 Å². The standard InChI is InChI=1S/C33H39FN4O5S/c1-5-42-33(39)32-24(13-8-18-43-28-14-7-11-22-10-6-12-23(22)28)25-15-16-26(34)30-29-21(2)37(4)35-27(29)20-36(3)44(40,41)19-9-17-38(32)31(25)30/h7,11,14-16H,5-6,8-10,12-13,17-20H2,1-4H3. The normalized spacial score (nSPS) is 16.4. The fourth-order valence-electron chi connectivity index (χ4n) is 6.77. The van der Waals surface area contributed by atoms with Gasteiger partial charge in [0.1, 0.15) is 17.3 Å². The quantitative estimate of drug-likeness (QED) is 0.204. The van der Waals surface area contributed by atoms with E-state index in [1.165, 1.54) is 28.5 Å². The van der Waals surface area contributed by atoms with Crippen LogP contribution in [0.15, 0.2) is 30.3 Å². The molecular weight excluding hydrogens is 583 g/mol. The second kappa shape index (κ2) is 12.0. The Bertz CT molecular complexity index is 1860. The second-order valence-corrected chi connectivity index (χ2v) is 13.9. The van der Waals surface area contributed by atoms with Crippen molar-refractivity contribution in [3.05, 3.63) is 69.9 Å². The van der Waals surface area contributed by atoms with Crippen molar-refractivity contribution in [1.82, 2.24) is 18.7 Å². The Hall–Kier alpha value is -3.70. The minimum atomic E-state index is -3.63. The van der Waals surface area contributed by atoms with Gasteiger partial charge in [0, 0.05) is 42.8 Å². The van der Waals surface area contributed by atoms with Gasteiger partial charge in [0.25, 0.3) is 0 Å². The predicted octanol–water partition coefficient (Wildman–Crippen LogP) is 5.33. The van der Waals surface area contributed by atoms with Crippen LogP contribution in [-0.4, -0.2) is 59.1 Å². The first-order chi connectivity index (χ1) is 21.1. The number of hydrogen-bond donors (Lipinski definition) is 0. The molecule has 2 aromatic carbocycles. The molecule has 9 nitrogen and oxygen atoms in total. The number of fused-ring (bicyclic) bond motifs is 3. The maximum atomic E-state index is 16.1. The smallest absolute Gasteiger partial charge is 0.355 e. The van der Waals surface area contributed by atoms with Crippen molar-refractivity contribution in [3.63, 3.8) is 0 Å². The molecule has 0 bridgehead atoms. The van der Waals surface area contributed by atoms with Crippen LogP contribution in [0.5, 0.6) is 5.75 Å². The molecule has 2 aromatic heterocycles. The number of carbonyl (C=O) groups is 1. The molecule has 4 aromatic rings. The summed E-state index contributed by atoms with van der Waals surface area (Å²) in [4.78, 5) is 13.6. The molecular formula is C33H39FN4O5S. The molecule has 0 saturated heterocycles. The highest BCUT2D eigenvalue weighted by molar-refractivity contribution is 7.89. The average molecular weight is 623 g/mol. The molecule has 0 fully saturated rings. The third kappa shape index (κ3) is 5.30. The van der Waals surface area contributed by atoms with Crippen LogP contribution in [0.25, 0.3) is 22.0 Å². The number of halogens is 1. The van der Waals surface area contributed by atoms with Crippen LogP contribution in [0, 0.1) is 12.7 Å². The van der Waals surface area contributed by atoms with E-state index in [-0.39, 0.29) is 31.9 Å². The van der Waals surface area contributed by atoms with Gasteiger partial charge in [0.05, 0.1) is 36.7 Å². The number of hydrogen-bond acceptors (Lipinski definition) is 6. The average Bonchev–Trinajstić information content (AvgIpc) is 3.66. The molecule has 3 heterocycles. The largest absolute Gasteiger partial charge is 0.493 e. The minimum Gasteiger partial charge on any atom is -0.493 e. The molecule has 0 unspecified atom stereocenters. The van der Waals surface area contributed by atoms with Crippen LogP contribution in [-0.2, 0) is 54.2 Å². The SMILES string of the molecule is CCOC(=O)c1c(CCCOc2cccc3c2CCC3)c2ccc(F)c3c2n1CCCS(=O)(=O)N(C)Cc1nn(C)c(C)c1-3. The first kappa shape index (κ1) is 30.3. The molecule has 44 heavy (non-hydrogen) atoms. The first-order valence-electron chi connectivity index (χ1n) is 15.3. The number of aromatic nitrogens is 3. The summed E-state index contributed by atoms with van der Waals surface area (Å²) < 4.78 is 59.0. The van der Waals surface area contributed by atoms with Crippen molar-refractivity contribution in [2.24, 2.45) is 7.05 Å². The summed E-state index contributed by atoms with van der Waals surface area (Å²) in [6, 6.07) is 9.36. The number of ether oxygens (including phenoxy) is 2. The molecule has 0 atom stereocenters. The van der Waals surface area contributed by atoms with Crippen LogP contribution in [0.2, 0.25) is 0 Å².